The fourth-order valence-corrected chi connectivity index (χ4v) is 3.83. The molecule has 2 nitrogen and oxygen atoms in total. The molecule has 0 atom stereocenters. The predicted molar refractivity (Wildman–Crippen MR) is 110 cm³/mol. The highest BCUT2D eigenvalue weighted by molar-refractivity contribution is 5.90. The summed E-state index contributed by atoms with van der Waals surface area (Å²) in [7, 11) is 0. The van der Waals surface area contributed by atoms with E-state index in [0.717, 1.165) is 30.4 Å². The fourth-order valence-electron chi connectivity index (χ4n) is 3.83. The van der Waals surface area contributed by atoms with Crippen LogP contribution >= 0.6 is 0 Å². The molecule has 2 aromatic rings. The van der Waals surface area contributed by atoms with Crippen LogP contribution in [0.2, 0.25) is 0 Å². The van der Waals surface area contributed by atoms with Crippen LogP contribution in [-0.4, -0.2) is 5.91 Å². The lowest BCUT2D eigenvalue weighted by atomic mass is 9.70. The molecule has 0 aliphatic carbocycles. The summed E-state index contributed by atoms with van der Waals surface area (Å²) in [6, 6.07) is 20.0. The van der Waals surface area contributed by atoms with Crippen molar-refractivity contribution in [3.8, 4) is 0 Å². The van der Waals surface area contributed by atoms with E-state index in [4.69, 9.17) is 5.73 Å². The summed E-state index contributed by atoms with van der Waals surface area (Å²) in [4.78, 5) is 12.7. The van der Waals surface area contributed by atoms with Gasteiger partial charge in [-0.2, -0.15) is 0 Å². The molecule has 0 radical (unpaired) electrons. The minimum absolute atomic E-state index is 0.252. The Hall–Kier alpha value is -2.09. The lowest BCUT2D eigenvalue weighted by molar-refractivity contribution is -0.122. The molecule has 0 bridgehead atoms. The van der Waals surface area contributed by atoms with Gasteiger partial charge in [-0.05, 0) is 17.5 Å². The largest absolute Gasteiger partial charge is 0.369 e. The number of hydrogen-bond donors (Lipinski definition) is 1. The van der Waals surface area contributed by atoms with Crippen molar-refractivity contribution in [2.45, 2.75) is 70.1 Å². The van der Waals surface area contributed by atoms with Crippen molar-refractivity contribution in [1.29, 1.82) is 0 Å². The maximum absolute atomic E-state index is 12.7. The molecule has 0 saturated carbocycles. The number of nitrogens with two attached hydrogens (primary N) is 1. The molecular weight excluding hydrogens is 318 g/mol. The van der Waals surface area contributed by atoms with E-state index in [-0.39, 0.29) is 5.91 Å². The first-order valence-electron chi connectivity index (χ1n) is 10.1. The number of benzene rings is 2. The highest BCUT2D eigenvalue weighted by Gasteiger charge is 2.39. The Labute approximate surface area is 158 Å². The first kappa shape index (κ1) is 20.2. The van der Waals surface area contributed by atoms with Crippen LogP contribution in [0.15, 0.2) is 60.7 Å². The molecule has 2 heteroatoms. The SMILES string of the molecule is CCCCCCCCCCC(C(N)=O)(c1ccccc1)c1ccccc1. The maximum Gasteiger partial charge on any atom is 0.232 e. The van der Waals surface area contributed by atoms with Crippen LogP contribution in [0.25, 0.3) is 0 Å². The first-order chi connectivity index (χ1) is 12.7. The Morgan fingerprint density at radius 3 is 1.58 bits per heavy atom. The molecule has 140 valence electrons. The monoisotopic (exact) mass is 351 g/mol. The van der Waals surface area contributed by atoms with E-state index in [1.807, 2.05) is 60.7 Å². The summed E-state index contributed by atoms with van der Waals surface area (Å²) in [6.45, 7) is 2.25. The maximum atomic E-state index is 12.7. The molecule has 26 heavy (non-hydrogen) atoms. The molecule has 2 rings (SSSR count). The number of primary amides is 1. The molecule has 0 unspecified atom stereocenters. The van der Waals surface area contributed by atoms with Gasteiger partial charge in [-0.25, -0.2) is 0 Å². The van der Waals surface area contributed by atoms with E-state index >= 15 is 0 Å². The zero-order valence-electron chi connectivity index (χ0n) is 16.1. The van der Waals surface area contributed by atoms with Gasteiger partial charge in [0.25, 0.3) is 0 Å². The number of carbonyl (C=O) groups excluding carboxylic acids is 1. The van der Waals surface area contributed by atoms with Crippen LogP contribution in [0, 0.1) is 0 Å². The number of hydrogen-bond acceptors (Lipinski definition) is 1. The van der Waals surface area contributed by atoms with Gasteiger partial charge in [0.2, 0.25) is 5.91 Å². The third-order valence-corrected chi connectivity index (χ3v) is 5.36. The van der Waals surface area contributed by atoms with E-state index in [9.17, 15) is 4.79 Å². The smallest absolute Gasteiger partial charge is 0.232 e. The summed E-state index contributed by atoms with van der Waals surface area (Å²) in [5.41, 5.74) is 7.26. The summed E-state index contributed by atoms with van der Waals surface area (Å²) in [5, 5.41) is 0. The third kappa shape index (κ3) is 5.20. The fraction of sp³-hybridized carbons (Fsp3) is 0.458. The Morgan fingerprint density at radius 2 is 1.15 bits per heavy atom. The van der Waals surface area contributed by atoms with Crippen LogP contribution < -0.4 is 5.73 Å². The number of carbonyl (C=O) groups is 1. The molecule has 0 saturated heterocycles. The summed E-state index contributed by atoms with van der Waals surface area (Å²) in [6.07, 6.45) is 10.8. The Kier molecular flexibility index (Phi) is 8.40. The zero-order valence-corrected chi connectivity index (χ0v) is 16.1. The third-order valence-electron chi connectivity index (χ3n) is 5.36. The molecule has 2 N–H and O–H groups in total. The van der Waals surface area contributed by atoms with Crippen LogP contribution in [0.3, 0.4) is 0 Å². The van der Waals surface area contributed by atoms with Gasteiger partial charge < -0.3 is 5.73 Å². The van der Waals surface area contributed by atoms with Crippen molar-refractivity contribution in [1.82, 2.24) is 0 Å². The van der Waals surface area contributed by atoms with Gasteiger partial charge in [-0.15, -0.1) is 0 Å². The average Bonchev–Trinajstić information content (AvgIpc) is 2.68. The van der Waals surface area contributed by atoms with E-state index in [0.29, 0.717) is 0 Å². The van der Waals surface area contributed by atoms with Crippen molar-refractivity contribution >= 4 is 5.91 Å². The molecule has 0 spiro atoms. The van der Waals surface area contributed by atoms with Gasteiger partial charge in [-0.3, -0.25) is 4.79 Å². The highest BCUT2D eigenvalue weighted by Crippen LogP contribution is 2.37. The summed E-state index contributed by atoms with van der Waals surface area (Å²) in [5.74, 6) is -0.252. The lowest BCUT2D eigenvalue weighted by Crippen LogP contribution is -2.42. The van der Waals surface area contributed by atoms with Gasteiger partial charge in [0.15, 0.2) is 0 Å². The van der Waals surface area contributed by atoms with Crippen LogP contribution in [-0.2, 0) is 10.2 Å². The molecular formula is C24H33NO. The molecule has 0 aliphatic heterocycles. The number of amides is 1. The Morgan fingerprint density at radius 1 is 0.731 bits per heavy atom. The predicted octanol–water partition coefficient (Wildman–Crippen LogP) is 5.99. The van der Waals surface area contributed by atoms with Gasteiger partial charge in [0, 0.05) is 0 Å². The van der Waals surface area contributed by atoms with Crippen molar-refractivity contribution < 1.29 is 4.79 Å². The molecule has 2 aromatic carbocycles. The second kappa shape index (κ2) is 10.8. The molecule has 0 aromatic heterocycles. The first-order valence-corrected chi connectivity index (χ1v) is 10.1. The number of rotatable bonds is 12. The van der Waals surface area contributed by atoms with Gasteiger partial charge in [0.05, 0.1) is 5.41 Å². The van der Waals surface area contributed by atoms with E-state index < -0.39 is 5.41 Å². The second-order valence-electron chi connectivity index (χ2n) is 7.23. The second-order valence-corrected chi connectivity index (χ2v) is 7.23. The van der Waals surface area contributed by atoms with Crippen molar-refractivity contribution in [2.75, 3.05) is 0 Å². The normalized spacial score (nSPS) is 11.4. The van der Waals surface area contributed by atoms with Crippen molar-refractivity contribution in [2.24, 2.45) is 5.73 Å². The Bertz CT molecular complexity index is 596. The molecule has 0 fully saturated rings. The zero-order chi connectivity index (χ0) is 18.7. The summed E-state index contributed by atoms with van der Waals surface area (Å²) < 4.78 is 0. The van der Waals surface area contributed by atoms with Gasteiger partial charge >= 0.3 is 0 Å². The topological polar surface area (TPSA) is 43.1 Å². The Balaban J connectivity index is 2.08. The van der Waals surface area contributed by atoms with Crippen molar-refractivity contribution in [3.63, 3.8) is 0 Å². The van der Waals surface area contributed by atoms with Crippen LogP contribution in [0.1, 0.15) is 75.8 Å². The summed E-state index contributed by atoms with van der Waals surface area (Å²) >= 11 is 0. The lowest BCUT2D eigenvalue weighted by Gasteiger charge is -2.32. The molecule has 0 aliphatic rings. The average molecular weight is 352 g/mol. The van der Waals surface area contributed by atoms with Crippen LogP contribution in [0.5, 0.6) is 0 Å². The van der Waals surface area contributed by atoms with E-state index in [2.05, 4.69) is 6.92 Å². The minimum atomic E-state index is -0.731. The van der Waals surface area contributed by atoms with E-state index in [1.54, 1.807) is 0 Å². The quantitative estimate of drug-likeness (QED) is 0.469. The van der Waals surface area contributed by atoms with Crippen molar-refractivity contribution in [3.05, 3.63) is 71.8 Å². The molecule has 1 amide bonds. The van der Waals surface area contributed by atoms with Gasteiger partial charge in [-0.1, -0.05) is 119 Å². The highest BCUT2D eigenvalue weighted by atomic mass is 16.1. The minimum Gasteiger partial charge on any atom is -0.369 e. The standard InChI is InChI=1S/C24H33NO/c1-2-3-4-5-6-7-8-15-20-24(23(25)26,21-16-11-9-12-17-21)22-18-13-10-14-19-22/h9-14,16-19H,2-8,15,20H2,1H3,(H2,25,26). The molecule has 0 heterocycles. The number of unbranched alkanes of at least 4 members (excludes halogenated alkanes) is 7. The van der Waals surface area contributed by atoms with Crippen LogP contribution in [0.4, 0.5) is 0 Å². The van der Waals surface area contributed by atoms with Gasteiger partial charge in [0.1, 0.15) is 0 Å². The van der Waals surface area contributed by atoms with E-state index in [1.165, 1.54) is 38.5 Å².